The third-order valence-electron chi connectivity index (χ3n) is 10.1. The number of esters is 1. The number of aliphatic hydroxyl groups excluding tert-OH is 3. The van der Waals surface area contributed by atoms with E-state index >= 15 is 0 Å². The number of rotatable bonds is 25. The van der Waals surface area contributed by atoms with Gasteiger partial charge in [0.15, 0.2) is 0 Å². The molecule has 2 fully saturated rings. The Bertz CT molecular complexity index is 801. The van der Waals surface area contributed by atoms with E-state index in [4.69, 9.17) is 14.2 Å². The van der Waals surface area contributed by atoms with Crippen LogP contribution in [0.3, 0.4) is 0 Å². The van der Waals surface area contributed by atoms with E-state index in [2.05, 4.69) is 6.92 Å². The smallest absolute Gasteiger partial charge is 0.334 e. The number of aliphatic hydroxyl groups is 3. The van der Waals surface area contributed by atoms with Gasteiger partial charge in [-0.1, -0.05) is 96.8 Å². The summed E-state index contributed by atoms with van der Waals surface area (Å²) in [5.74, 6) is -0.176. The molecule has 256 valence electrons. The molecule has 0 radical (unpaired) electrons. The van der Waals surface area contributed by atoms with Crippen LogP contribution in [-0.4, -0.2) is 70.1 Å². The van der Waals surface area contributed by atoms with E-state index in [1.807, 2.05) is 13.0 Å². The molecule has 7 heteroatoms. The Morgan fingerprint density at radius 3 is 1.59 bits per heavy atom. The second-order valence-corrected chi connectivity index (χ2v) is 14.0. The lowest BCUT2D eigenvalue weighted by Gasteiger charge is -2.24. The van der Waals surface area contributed by atoms with E-state index in [-0.39, 0.29) is 48.7 Å². The lowest BCUT2D eigenvalue weighted by atomic mass is 10.00. The van der Waals surface area contributed by atoms with Crippen LogP contribution in [0.1, 0.15) is 168 Å². The zero-order chi connectivity index (χ0) is 31.6. The number of hydrogen-bond acceptors (Lipinski definition) is 7. The predicted molar refractivity (Wildman–Crippen MR) is 175 cm³/mol. The van der Waals surface area contributed by atoms with Crippen LogP contribution in [0.2, 0.25) is 0 Å². The summed E-state index contributed by atoms with van der Waals surface area (Å²) in [6.45, 7) is 4.12. The number of unbranched alkanes of at least 4 members (excludes halogenated alkanes) is 12. The summed E-state index contributed by atoms with van der Waals surface area (Å²) in [6, 6.07) is 0. The quantitative estimate of drug-likeness (QED) is 0.0703. The van der Waals surface area contributed by atoms with Gasteiger partial charge in [-0.05, 0) is 77.2 Å². The van der Waals surface area contributed by atoms with Crippen molar-refractivity contribution in [2.75, 3.05) is 0 Å². The maximum absolute atomic E-state index is 11.6. The molecule has 0 saturated carbocycles. The van der Waals surface area contributed by atoms with E-state index in [0.717, 1.165) is 108 Å². The van der Waals surface area contributed by atoms with E-state index < -0.39 is 6.10 Å². The normalized spacial score (nSPS) is 27.4. The highest BCUT2D eigenvalue weighted by Gasteiger charge is 2.40. The topological polar surface area (TPSA) is 105 Å². The first-order valence-electron chi connectivity index (χ1n) is 18.6. The van der Waals surface area contributed by atoms with Crippen LogP contribution < -0.4 is 0 Å². The zero-order valence-corrected chi connectivity index (χ0v) is 28.1. The molecule has 8 atom stereocenters. The van der Waals surface area contributed by atoms with Gasteiger partial charge in [-0.2, -0.15) is 0 Å². The summed E-state index contributed by atoms with van der Waals surface area (Å²) in [5, 5.41) is 31.6. The summed E-state index contributed by atoms with van der Waals surface area (Å²) < 4.78 is 17.7. The standard InChI is InChI=1S/C37H66O7/c1-3-4-5-6-11-14-21-31(39)33-23-25-35(43-33)36-26-24-34(44-36)32(40)22-15-12-9-7-8-10-13-19-30(38)20-17-16-18-29-27-28(2)42-37(29)41/h27-28,30-36,38-40H,3-26H2,1-2H3/t28?,30?,31-,32+,33+,34+,35+,36+/m0/s1. The number of cyclic esters (lactones) is 1. The summed E-state index contributed by atoms with van der Waals surface area (Å²) in [7, 11) is 0. The van der Waals surface area contributed by atoms with Crippen LogP contribution in [0.25, 0.3) is 0 Å². The monoisotopic (exact) mass is 622 g/mol. The van der Waals surface area contributed by atoms with Crippen molar-refractivity contribution in [2.24, 2.45) is 0 Å². The molecule has 7 nitrogen and oxygen atoms in total. The Kier molecular flexibility index (Phi) is 18.5. The van der Waals surface area contributed by atoms with Gasteiger partial charge in [0.2, 0.25) is 0 Å². The molecule has 0 aromatic heterocycles. The molecule has 0 amide bonds. The molecule has 0 bridgehead atoms. The van der Waals surface area contributed by atoms with Crippen LogP contribution in [-0.2, 0) is 19.0 Å². The molecule has 0 spiro atoms. The molecular formula is C37H66O7. The van der Waals surface area contributed by atoms with Crippen molar-refractivity contribution in [1.29, 1.82) is 0 Å². The highest BCUT2D eigenvalue weighted by molar-refractivity contribution is 5.90. The Balaban J connectivity index is 1.11. The summed E-state index contributed by atoms with van der Waals surface area (Å²) in [4.78, 5) is 11.6. The highest BCUT2D eigenvalue weighted by Crippen LogP contribution is 2.34. The van der Waals surface area contributed by atoms with Crippen LogP contribution >= 0.6 is 0 Å². The number of carbonyl (C=O) groups is 1. The summed E-state index contributed by atoms with van der Waals surface area (Å²) in [5.41, 5.74) is 0.792. The molecule has 2 unspecified atom stereocenters. The van der Waals surface area contributed by atoms with Crippen molar-refractivity contribution in [1.82, 2.24) is 0 Å². The van der Waals surface area contributed by atoms with Crippen LogP contribution in [0.5, 0.6) is 0 Å². The first-order valence-corrected chi connectivity index (χ1v) is 18.6. The summed E-state index contributed by atoms with van der Waals surface area (Å²) in [6.07, 6.45) is 25.8. The highest BCUT2D eigenvalue weighted by atomic mass is 16.6. The van der Waals surface area contributed by atoms with Crippen LogP contribution in [0, 0.1) is 0 Å². The predicted octanol–water partition coefficient (Wildman–Crippen LogP) is 7.86. The minimum atomic E-state index is -0.399. The van der Waals surface area contributed by atoms with Gasteiger partial charge in [0.05, 0.1) is 42.7 Å². The minimum Gasteiger partial charge on any atom is -0.455 e. The Morgan fingerprint density at radius 2 is 1.11 bits per heavy atom. The van der Waals surface area contributed by atoms with Gasteiger partial charge < -0.3 is 29.5 Å². The van der Waals surface area contributed by atoms with Gasteiger partial charge in [-0.25, -0.2) is 4.79 Å². The Labute approximate surface area is 268 Å². The second-order valence-electron chi connectivity index (χ2n) is 14.0. The molecule has 3 rings (SSSR count). The van der Waals surface area contributed by atoms with Gasteiger partial charge in [0.25, 0.3) is 0 Å². The van der Waals surface area contributed by atoms with Gasteiger partial charge >= 0.3 is 5.97 Å². The van der Waals surface area contributed by atoms with E-state index in [9.17, 15) is 20.1 Å². The number of hydrogen-bond donors (Lipinski definition) is 3. The maximum atomic E-state index is 11.6. The van der Waals surface area contributed by atoms with Crippen molar-refractivity contribution in [3.8, 4) is 0 Å². The molecule has 3 aliphatic heterocycles. The molecule has 44 heavy (non-hydrogen) atoms. The molecule has 3 heterocycles. The lowest BCUT2D eigenvalue weighted by molar-refractivity contribution is -0.139. The number of carbonyl (C=O) groups excluding carboxylic acids is 1. The zero-order valence-electron chi connectivity index (χ0n) is 28.1. The second kappa shape index (κ2) is 21.7. The SMILES string of the molecule is CCCCCCCC[C@H](O)[C@H]1CC[C@H]([C@H]2CC[C@H]([C@H](O)CCCCCCCCCC(O)CCCCC3=CC(C)OC3=O)O2)O1. The van der Waals surface area contributed by atoms with E-state index in [1.165, 1.54) is 51.4 Å². The van der Waals surface area contributed by atoms with Crippen molar-refractivity contribution in [2.45, 2.75) is 217 Å². The average molecular weight is 623 g/mol. The molecule has 3 aliphatic rings. The fourth-order valence-corrected chi connectivity index (χ4v) is 7.27. The molecule has 2 saturated heterocycles. The fraction of sp³-hybridized carbons (Fsp3) is 0.919. The lowest BCUT2D eigenvalue weighted by Crippen LogP contribution is -2.33. The summed E-state index contributed by atoms with van der Waals surface area (Å²) >= 11 is 0. The van der Waals surface area contributed by atoms with Crippen molar-refractivity contribution >= 4 is 5.97 Å². The van der Waals surface area contributed by atoms with E-state index in [1.54, 1.807) is 0 Å². The van der Waals surface area contributed by atoms with Crippen molar-refractivity contribution in [3.05, 3.63) is 11.6 Å². The number of ether oxygens (including phenoxy) is 3. The van der Waals surface area contributed by atoms with Crippen molar-refractivity contribution < 1.29 is 34.3 Å². The fourth-order valence-electron chi connectivity index (χ4n) is 7.27. The maximum Gasteiger partial charge on any atom is 0.334 e. The molecule has 0 aromatic rings. The largest absolute Gasteiger partial charge is 0.455 e. The third-order valence-corrected chi connectivity index (χ3v) is 10.1. The van der Waals surface area contributed by atoms with Gasteiger partial charge in [-0.3, -0.25) is 0 Å². The molecule has 0 aliphatic carbocycles. The first kappa shape index (κ1) is 37.5. The molecular weight excluding hydrogens is 556 g/mol. The first-order chi connectivity index (χ1) is 21.4. The minimum absolute atomic E-state index is 0.0543. The Hall–Kier alpha value is -0.990. The van der Waals surface area contributed by atoms with Crippen molar-refractivity contribution in [3.63, 3.8) is 0 Å². The van der Waals surface area contributed by atoms with Crippen LogP contribution in [0.4, 0.5) is 0 Å². The Morgan fingerprint density at radius 1 is 0.659 bits per heavy atom. The van der Waals surface area contributed by atoms with E-state index in [0.29, 0.717) is 0 Å². The van der Waals surface area contributed by atoms with Gasteiger partial charge in [0.1, 0.15) is 6.10 Å². The van der Waals surface area contributed by atoms with Gasteiger partial charge in [-0.15, -0.1) is 0 Å². The average Bonchev–Trinajstić information content (AvgIpc) is 3.76. The van der Waals surface area contributed by atoms with Gasteiger partial charge in [0, 0.05) is 5.57 Å². The van der Waals surface area contributed by atoms with Crippen LogP contribution in [0.15, 0.2) is 11.6 Å². The molecule has 0 aromatic carbocycles. The molecule has 3 N–H and O–H groups in total. The third kappa shape index (κ3) is 14.2.